The molecule has 7 heteroatoms. The molecule has 0 spiro atoms. The molecule has 31 heavy (non-hydrogen) atoms. The van der Waals surface area contributed by atoms with Crippen molar-refractivity contribution in [2.24, 2.45) is 0 Å². The van der Waals surface area contributed by atoms with Crippen LogP contribution in [0.1, 0.15) is 16.2 Å². The molecular weight excluding hydrogens is 393 g/mol. The molecule has 0 aliphatic carbocycles. The lowest BCUT2D eigenvalue weighted by Crippen LogP contribution is -2.48. The van der Waals surface area contributed by atoms with Crippen LogP contribution in [0.4, 0.5) is 10.1 Å². The van der Waals surface area contributed by atoms with E-state index in [0.29, 0.717) is 37.5 Å². The minimum Gasteiger partial charge on any atom is -0.368 e. The normalized spacial score (nSPS) is 14.3. The lowest BCUT2D eigenvalue weighted by atomic mass is 10.1. The van der Waals surface area contributed by atoms with Gasteiger partial charge in [0.05, 0.1) is 5.69 Å². The molecule has 5 rings (SSSR count). The average Bonchev–Trinajstić information content (AvgIpc) is 3.25. The van der Waals surface area contributed by atoms with Gasteiger partial charge in [0.1, 0.15) is 5.82 Å². The van der Waals surface area contributed by atoms with Crippen molar-refractivity contribution >= 4 is 17.2 Å². The van der Waals surface area contributed by atoms with Gasteiger partial charge in [0.15, 0.2) is 11.3 Å². The number of aryl methyl sites for hydroxylation is 1. The Morgan fingerprint density at radius 1 is 0.935 bits per heavy atom. The first-order valence-electron chi connectivity index (χ1n) is 10.3. The molecule has 0 unspecified atom stereocenters. The zero-order chi connectivity index (χ0) is 21.4. The Morgan fingerprint density at radius 2 is 1.65 bits per heavy atom. The number of halogens is 1. The monoisotopic (exact) mass is 415 g/mol. The van der Waals surface area contributed by atoms with E-state index in [-0.39, 0.29) is 11.7 Å². The zero-order valence-electron chi connectivity index (χ0n) is 17.2. The molecule has 2 aromatic carbocycles. The van der Waals surface area contributed by atoms with Crippen LogP contribution in [-0.4, -0.2) is 51.6 Å². The molecule has 4 aromatic rings. The highest BCUT2D eigenvalue weighted by atomic mass is 19.1. The highest BCUT2D eigenvalue weighted by Crippen LogP contribution is 2.21. The zero-order valence-corrected chi connectivity index (χ0v) is 17.2. The van der Waals surface area contributed by atoms with Crippen LogP contribution < -0.4 is 4.90 Å². The number of carbonyl (C=O) groups is 1. The number of rotatable bonds is 3. The molecule has 0 bridgehead atoms. The number of nitrogens with zero attached hydrogens (tertiary/aromatic N) is 5. The third-order valence-electron chi connectivity index (χ3n) is 5.65. The largest absolute Gasteiger partial charge is 0.368 e. The van der Waals surface area contributed by atoms with Crippen molar-refractivity contribution in [1.82, 2.24) is 19.5 Å². The molecule has 156 valence electrons. The fraction of sp³-hybridized carbons (Fsp3) is 0.208. The summed E-state index contributed by atoms with van der Waals surface area (Å²) >= 11 is 0. The summed E-state index contributed by atoms with van der Waals surface area (Å²) in [6.07, 6.45) is 0. The Bertz CT molecular complexity index is 1230. The Labute approximate surface area is 179 Å². The second-order valence-electron chi connectivity index (χ2n) is 7.70. The first-order chi connectivity index (χ1) is 15.1. The van der Waals surface area contributed by atoms with Crippen molar-refractivity contribution in [1.29, 1.82) is 0 Å². The number of benzene rings is 2. The van der Waals surface area contributed by atoms with E-state index in [0.717, 1.165) is 22.6 Å². The number of hydrogen-bond donors (Lipinski definition) is 0. The maximum absolute atomic E-state index is 13.2. The molecule has 0 saturated carbocycles. The molecule has 1 amide bonds. The number of fused-ring (bicyclic) bond motifs is 1. The van der Waals surface area contributed by atoms with Crippen molar-refractivity contribution in [3.8, 4) is 11.3 Å². The Balaban J connectivity index is 1.34. The lowest BCUT2D eigenvalue weighted by molar-refractivity contribution is 0.0740. The van der Waals surface area contributed by atoms with Crippen molar-refractivity contribution < 1.29 is 9.18 Å². The molecule has 6 nitrogen and oxygen atoms in total. The van der Waals surface area contributed by atoms with Gasteiger partial charge in [0.2, 0.25) is 0 Å². The van der Waals surface area contributed by atoms with E-state index in [1.54, 1.807) is 22.7 Å². The lowest BCUT2D eigenvalue weighted by Gasteiger charge is -2.35. The molecule has 0 N–H and O–H groups in total. The first-order valence-corrected chi connectivity index (χ1v) is 10.3. The summed E-state index contributed by atoms with van der Waals surface area (Å²) in [4.78, 5) is 21.8. The Kier molecular flexibility index (Phi) is 4.86. The molecule has 1 saturated heterocycles. The summed E-state index contributed by atoms with van der Waals surface area (Å²) in [7, 11) is 0. The number of aromatic nitrogens is 3. The molecule has 1 aliphatic rings. The third kappa shape index (κ3) is 3.74. The molecule has 0 atom stereocenters. The molecular formula is C24H22FN5O. The van der Waals surface area contributed by atoms with Crippen molar-refractivity contribution in [2.45, 2.75) is 6.92 Å². The predicted molar refractivity (Wildman–Crippen MR) is 118 cm³/mol. The second kappa shape index (κ2) is 7.83. The number of anilines is 1. The molecule has 2 aromatic heterocycles. The number of amides is 1. The van der Waals surface area contributed by atoms with Crippen LogP contribution in [0.25, 0.3) is 16.9 Å². The van der Waals surface area contributed by atoms with Crippen LogP contribution >= 0.6 is 0 Å². The van der Waals surface area contributed by atoms with Gasteiger partial charge in [-0.25, -0.2) is 13.9 Å². The van der Waals surface area contributed by atoms with Crippen molar-refractivity contribution in [3.63, 3.8) is 0 Å². The van der Waals surface area contributed by atoms with Gasteiger partial charge in [0, 0.05) is 49.2 Å². The van der Waals surface area contributed by atoms with Gasteiger partial charge in [-0.1, -0.05) is 30.3 Å². The molecule has 1 fully saturated rings. The van der Waals surface area contributed by atoms with E-state index in [1.807, 2.05) is 48.2 Å². The standard InChI is InChI=1S/C24H22FN5O/c1-17-15-21(18-5-3-2-4-6-18)26-23-16-22(27-30(17)23)24(31)29-13-11-28(12-14-29)20-9-7-19(25)8-10-20/h2-10,15-16H,11-14H2,1H3. The van der Waals surface area contributed by atoms with Gasteiger partial charge in [-0.2, -0.15) is 5.10 Å². The second-order valence-corrected chi connectivity index (χ2v) is 7.70. The van der Waals surface area contributed by atoms with Crippen molar-refractivity contribution in [3.05, 3.63) is 83.9 Å². The topological polar surface area (TPSA) is 53.7 Å². The van der Waals surface area contributed by atoms with Crippen LogP contribution in [0.5, 0.6) is 0 Å². The fourth-order valence-corrected chi connectivity index (χ4v) is 3.97. The summed E-state index contributed by atoms with van der Waals surface area (Å²) in [5.41, 5.74) is 4.83. The van der Waals surface area contributed by atoms with Crippen LogP contribution in [0, 0.1) is 12.7 Å². The van der Waals surface area contributed by atoms with E-state index in [9.17, 15) is 9.18 Å². The average molecular weight is 415 g/mol. The minimum atomic E-state index is -0.247. The highest BCUT2D eigenvalue weighted by Gasteiger charge is 2.24. The fourth-order valence-electron chi connectivity index (χ4n) is 3.97. The number of carbonyl (C=O) groups excluding carboxylic acids is 1. The van der Waals surface area contributed by atoms with Crippen LogP contribution in [0.2, 0.25) is 0 Å². The molecule has 3 heterocycles. The summed E-state index contributed by atoms with van der Waals surface area (Å²) in [5.74, 6) is -0.339. The van der Waals surface area contributed by atoms with Gasteiger partial charge < -0.3 is 9.80 Å². The number of hydrogen-bond acceptors (Lipinski definition) is 4. The summed E-state index contributed by atoms with van der Waals surface area (Å²) < 4.78 is 14.9. The maximum Gasteiger partial charge on any atom is 0.274 e. The maximum atomic E-state index is 13.2. The summed E-state index contributed by atoms with van der Waals surface area (Å²) in [6, 6.07) is 20.2. The Morgan fingerprint density at radius 3 is 2.35 bits per heavy atom. The van der Waals surface area contributed by atoms with E-state index >= 15 is 0 Å². The van der Waals surface area contributed by atoms with E-state index < -0.39 is 0 Å². The van der Waals surface area contributed by atoms with Gasteiger partial charge in [-0.3, -0.25) is 4.79 Å². The summed E-state index contributed by atoms with van der Waals surface area (Å²) in [6.45, 7) is 4.53. The highest BCUT2D eigenvalue weighted by molar-refractivity contribution is 5.93. The molecule has 1 aliphatic heterocycles. The first kappa shape index (κ1) is 19.2. The third-order valence-corrected chi connectivity index (χ3v) is 5.65. The van der Waals surface area contributed by atoms with Crippen LogP contribution in [0.15, 0.2) is 66.7 Å². The quantitative estimate of drug-likeness (QED) is 0.511. The van der Waals surface area contributed by atoms with E-state index in [4.69, 9.17) is 4.98 Å². The smallest absolute Gasteiger partial charge is 0.274 e. The summed E-state index contributed by atoms with van der Waals surface area (Å²) in [5, 5.41) is 4.52. The SMILES string of the molecule is Cc1cc(-c2ccccc2)nc2cc(C(=O)N3CCN(c4ccc(F)cc4)CC3)nn12. The van der Waals surface area contributed by atoms with Crippen molar-refractivity contribution in [2.75, 3.05) is 31.1 Å². The Hall–Kier alpha value is -3.74. The van der Waals surface area contributed by atoms with Crippen LogP contribution in [-0.2, 0) is 0 Å². The van der Waals surface area contributed by atoms with Gasteiger partial charge in [0.25, 0.3) is 5.91 Å². The van der Waals surface area contributed by atoms with E-state index in [2.05, 4.69) is 10.00 Å². The number of piperazine rings is 1. The van der Waals surface area contributed by atoms with Crippen LogP contribution in [0.3, 0.4) is 0 Å². The van der Waals surface area contributed by atoms with Gasteiger partial charge >= 0.3 is 0 Å². The van der Waals surface area contributed by atoms with E-state index in [1.165, 1.54) is 12.1 Å². The van der Waals surface area contributed by atoms with Gasteiger partial charge in [-0.15, -0.1) is 0 Å². The van der Waals surface area contributed by atoms with Gasteiger partial charge in [-0.05, 0) is 37.3 Å². The molecule has 0 radical (unpaired) electrons. The minimum absolute atomic E-state index is 0.0927. The predicted octanol–water partition coefficient (Wildman–Crippen LogP) is 3.81.